The molecular formula is C26H29F3N4O2S. The maximum atomic E-state index is 12.8. The molecule has 1 fully saturated rings. The highest BCUT2D eigenvalue weighted by Gasteiger charge is 2.38. The number of anilines is 1. The van der Waals surface area contributed by atoms with E-state index in [9.17, 15) is 17.4 Å². The quantitative estimate of drug-likeness (QED) is 0.424. The van der Waals surface area contributed by atoms with Crippen LogP contribution in [0.2, 0.25) is 0 Å². The largest absolute Gasteiger partial charge is 0.470 e. The fraction of sp³-hybridized carbons (Fsp3) is 0.385. The zero-order chi connectivity index (χ0) is 26.1. The van der Waals surface area contributed by atoms with E-state index in [0.717, 1.165) is 17.1 Å². The smallest absolute Gasteiger partial charge is 0.413 e. The van der Waals surface area contributed by atoms with Crippen LogP contribution in [0.3, 0.4) is 0 Å². The van der Waals surface area contributed by atoms with Crippen LogP contribution in [-0.2, 0) is 28.9 Å². The Hall–Kier alpha value is -3.14. The van der Waals surface area contributed by atoms with Gasteiger partial charge in [-0.2, -0.15) is 13.2 Å². The standard InChI is InChI=1S/C26H29F3N4O2S/c1-18(32-13-15-36(34)16-14-32)33(22-11-9-21(10-12-22)25(2,3)4)17-19-5-7-20(8-6-19)23-30-31-24(35-23)26(27,28)29/h5-12H,1,13-17H2,2-4H3. The van der Waals surface area contributed by atoms with E-state index in [1.165, 1.54) is 5.56 Å². The van der Waals surface area contributed by atoms with Crippen molar-refractivity contribution < 1.29 is 21.8 Å². The van der Waals surface area contributed by atoms with Gasteiger partial charge in [0.1, 0.15) is 5.82 Å². The molecular weight excluding hydrogens is 489 g/mol. The van der Waals surface area contributed by atoms with Gasteiger partial charge in [0, 0.05) is 53.2 Å². The van der Waals surface area contributed by atoms with Crippen molar-refractivity contribution in [2.75, 3.05) is 29.5 Å². The third-order valence-corrected chi connectivity index (χ3v) is 7.38. The number of aromatic nitrogens is 2. The Morgan fingerprint density at radius 2 is 1.64 bits per heavy atom. The Labute approximate surface area is 211 Å². The lowest BCUT2D eigenvalue weighted by Crippen LogP contribution is -2.42. The molecule has 192 valence electrons. The van der Waals surface area contributed by atoms with Crippen LogP contribution >= 0.6 is 0 Å². The number of benzene rings is 2. The summed E-state index contributed by atoms with van der Waals surface area (Å²) in [5.74, 6) is 0.467. The van der Waals surface area contributed by atoms with E-state index in [2.05, 4.69) is 71.6 Å². The molecule has 6 nitrogen and oxygen atoms in total. The van der Waals surface area contributed by atoms with Crippen LogP contribution in [0, 0.1) is 0 Å². The van der Waals surface area contributed by atoms with Crippen LogP contribution in [0.5, 0.6) is 0 Å². The zero-order valence-corrected chi connectivity index (χ0v) is 21.3. The predicted molar refractivity (Wildman–Crippen MR) is 135 cm³/mol. The van der Waals surface area contributed by atoms with E-state index >= 15 is 0 Å². The summed E-state index contributed by atoms with van der Waals surface area (Å²) in [4.78, 5) is 4.24. The average molecular weight is 519 g/mol. The third-order valence-electron chi connectivity index (χ3n) is 6.11. The van der Waals surface area contributed by atoms with Gasteiger partial charge in [0.25, 0.3) is 0 Å². The molecule has 2 aromatic carbocycles. The normalized spacial score (nSPS) is 15.2. The van der Waals surface area contributed by atoms with Gasteiger partial charge in [0.15, 0.2) is 0 Å². The molecule has 0 spiro atoms. The van der Waals surface area contributed by atoms with Crippen LogP contribution in [0.1, 0.15) is 37.8 Å². The van der Waals surface area contributed by atoms with Crippen molar-refractivity contribution >= 4 is 16.5 Å². The van der Waals surface area contributed by atoms with Crippen molar-refractivity contribution in [1.82, 2.24) is 15.1 Å². The first-order chi connectivity index (χ1) is 16.9. The van der Waals surface area contributed by atoms with E-state index in [-0.39, 0.29) is 11.3 Å². The maximum Gasteiger partial charge on any atom is 0.470 e. The van der Waals surface area contributed by atoms with Crippen molar-refractivity contribution in [2.45, 2.75) is 38.9 Å². The summed E-state index contributed by atoms with van der Waals surface area (Å²) in [5, 5.41) is 6.61. The van der Waals surface area contributed by atoms with Gasteiger partial charge in [-0.3, -0.25) is 4.21 Å². The molecule has 2 heterocycles. The molecule has 0 radical (unpaired) electrons. The highest BCUT2D eigenvalue weighted by atomic mass is 32.2. The summed E-state index contributed by atoms with van der Waals surface area (Å²) in [7, 11) is -0.803. The lowest BCUT2D eigenvalue weighted by Gasteiger charge is -2.37. The van der Waals surface area contributed by atoms with E-state index in [1.54, 1.807) is 12.1 Å². The van der Waals surface area contributed by atoms with Crippen molar-refractivity contribution in [3.63, 3.8) is 0 Å². The molecule has 4 rings (SSSR count). The number of hydrogen-bond donors (Lipinski definition) is 0. The van der Waals surface area contributed by atoms with Gasteiger partial charge < -0.3 is 14.2 Å². The number of rotatable bonds is 6. The summed E-state index contributed by atoms with van der Waals surface area (Å²) in [5.41, 5.74) is 3.53. The first-order valence-corrected chi connectivity index (χ1v) is 13.1. The molecule has 36 heavy (non-hydrogen) atoms. The zero-order valence-electron chi connectivity index (χ0n) is 20.5. The lowest BCUT2D eigenvalue weighted by atomic mass is 9.87. The van der Waals surface area contributed by atoms with E-state index in [1.807, 2.05) is 12.1 Å². The van der Waals surface area contributed by atoms with Gasteiger partial charge in [-0.05, 0) is 40.8 Å². The van der Waals surface area contributed by atoms with Crippen molar-refractivity contribution in [3.05, 3.63) is 77.9 Å². The fourth-order valence-electron chi connectivity index (χ4n) is 3.93. The van der Waals surface area contributed by atoms with E-state index in [0.29, 0.717) is 36.7 Å². The van der Waals surface area contributed by atoms with Gasteiger partial charge in [0.2, 0.25) is 5.89 Å². The molecule has 3 aromatic rings. The molecule has 10 heteroatoms. The number of halogens is 3. The Bertz CT molecular complexity index is 1220. The Morgan fingerprint density at radius 3 is 2.17 bits per heavy atom. The van der Waals surface area contributed by atoms with Crippen LogP contribution in [0.25, 0.3) is 11.5 Å². The molecule has 0 unspecified atom stereocenters. The number of nitrogens with zero attached hydrogens (tertiary/aromatic N) is 4. The lowest BCUT2D eigenvalue weighted by molar-refractivity contribution is -0.156. The van der Waals surface area contributed by atoms with Gasteiger partial charge in [-0.15, -0.1) is 10.2 Å². The molecule has 1 saturated heterocycles. The summed E-state index contributed by atoms with van der Waals surface area (Å²) in [6.45, 7) is 12.7. The van der Waals surface area contributed by atoms with Gasteiger partial charge in [0.05, 0.1) is 0 Å². The predicted octanol–water partition coefficient (Wildman–Crippen LogP) is 5.60. The molecule has 1 aromatic heterocycles. The molecule has 0 aliphatic carbocycles. The second-order valence-corrected chi connectivity index (χ2v) is 11.4. The fourth-order valence-corrected chi connectivity index (χ4v) is 4.98. The monoisotopic (exact) mass is 518 g/mol. The van der Waals surface area contributed by atoms with Crippen LogP contribution in [-0.4, -0.2) is 43.9 Å². The van der Waals surface area contributed by atoms with Gasteiger partial charge in [-0.1, -0.05) is 51.6 Å². The van der Waals surface area contributed by atoms with Gasteiger partial charge >= 0.3 is 12.1 Å². The minimum Gasteiger partial charge on any atom is -0.413 e. The molecule has 0 amide bonds. The molecule has 0 N–H and O–H groups in total. The van der Waals surface area contributed by atoms with Crippen molar-refractivity contribution in [1.29, 1.82) is 0 Å². The first kappa shape index (κ1) is 25.9. The second-order valence-electron chi connectivity index (χ2n) is 9.74. The van der Waals surface area contributed by atoms with Crippen LogP contribution < -0.4 is 4.90 Å². The molecule has 0 saturated carbocycles. The van der Waals surface area contributed by atoms with Crippen LogP contribution in [0.15, 0.2) is 65.3 Å². The Morgan fingerprint density at radius 1 is 1.03 bits per heavy atom. The summed E-state index contributed by atoms with van der Waals surface area (Å²) in [6, 6.07) is 15.3. The van der Waals surface area contributed by atoms with Gasteiger partial charge in [-0.25, -0.2) is 0 Å². The Balaban J connectivity index is 1.58. The first-order valence-electron chi connectivity index (χ1n) is 11.6. The molecule has 0 bridgehead atoms. The highest BCUT2D eigenvalue weighted by Crippen LogP contribution is 2.31. The number of alkyl halides is 3. The summed E-state index contributed by atoms with van der Waals surface area (Å²) in [6.07, 6.45) is -4.68. The topological polar surface area (TPSA) is 62.5 Å². The molecule has 0 atom stereocenters. The third kappa shape index (κ3) is 5.98. The van der Waals surface area contributed by atoms with Crippen LogP contribution in [0.4, 0.5) is 18.9 Å². The maximum absolute atomic E-state index is 12.8. The second kappa shape index (κ2) is 10.1. The molecule has 1 aliphatic heterocycles. The van der Waals surface area contributed by atoms with E-state index in [4.69, 9.17) is 4.42 Å². The summed E-state index contributed by atoms with van der Waals surface area (Å²) >= 11 is 0. The molecule has 1 aliphatic rings. The highest BCUT2D eigenvalue weighted by molar-refractivity contribution is 7.85. The van der Waals surface area contributed by atoms with Crippen molar-refractivity contribution in [3.8, 4) is 11.5 Å². The van der Waals surface area contributed by atoms with Crippen molar-refractivity contribution in [2.24, 2.45) is 0 Å². The summed E-state index contributed by atoms with van der Waals surface area (Å²) < 4.78 is 55.0. The Kier molecular flexibility index (Phi) is 7.26. The number of hydrogen-bond acceptors (Lipinski definition) is 6. The minimum absolute atomic E-state index is 0.0217. The SMILES string of the molecule is C=C(N1CCS(=O)CC1)N(Cc1ccc(-c2nnc(C(F)(F)F)o2)cc1)c1ccc(C(C)(C)C)cc1. The van der Waals surface area contributed by atoms with E-state index < -0.39 is 22.9 Å². The minimum atomic E-state index is -4.68. The average Bonchev–Trinajstić information content (AvgIpc) is 3.34.